The number of nitrogens with zero attached hydrogens (tertiary/aromatic N) is 2. The molecule has 4 rings (SSSR count). The lowest BCUT2D eigenvalue weighted by Crippen LogP contribution is -2.25. The number of hydrogen-bond acceptors (Lipinski definition) is 5. The van der Waals surface area contributed by atoms with Crippen molar-refractivity contribution < 1.29 is 13.9 Å². The van der Waals surface area contributed by atoms with Gasteiger partial charge in [-0.25, -0.2) is 4.79 Å². The summed E-state index contributed by atoms with van der Waals surface area (Å²) in [5.74, 6) is 0.742. The van der Waals surface area contributed by atoms with Crippen molar-refractivity contribution in [1.82, 2.24) is 9.55 Å². The molecule has 0 atom stereocenters. The summed E-state index contributed by atoms with van der Waals surface area (Å²) in [6, 6.07) is 13.3. The molecule has 0 bridgehead atoms. The molecule has 0 aliphatic carbocycles. The van der Waals surface area contributed by atoms with Crippen molar-refractivity contribution in [2.45, 2.75) is 26.8 Å². The zero-order valence-corrected chi connectivity index (χ0v) is 21.1. The second kappa shape index (κ2) is 10.8. The van der Waals surface area contributed by atoms with Crippen LogP contribution in [-0.2, 0) is 11.3 Å². The first-order valence-corrected chi connectivity index (χ1v) is 12.0. The monoisotopic (exact) mass is 522 g/mol. The van der Waals surface area contributed by atoms with E-state index in [9.17, 15) is 4.79 Å². The fourth-order valence-electron chi connectivity index (χ4n) is 3.75. The van der Waals surface area contributed by atoms with Crippen molar-refractivity contribution in [3.63, 3.8) is 0 Å². The Morgan fingerprint density at radius 3 is 2.71 bits per heavy atom. The first kappa shape index (κ1) is 24.0. The van der Waals surface area contributed by atoms with E-state index in [1.807, 2.05) is 55.5 Å². The molecule has 176 valence electrons. The van der Waals surface area contributed by atoms with Gasteiger partial charge in [0, 0.05) is 22.5 Å². The number of rotatable bonds is 9. The van der Waals surface area contributed by atoms with E-state index in [1.54, 1.807) is 11.7 Å². The molecule has 2 aromatic carbocycles. The molecular weight excluding hydrogens is 496 g/mol. The Kier molecular flexibility index (Phi) is 7.65. The number of ether oxygens (including phenoxy) is 2. The summed E-state index contributed by atoms with van der Waals surface area (Å²) in [6.45, 7) is 5.37. The average molecular weight is 523 g/mol. The van der Waals surface area contributed by atoms with Crippen LogP contribution >= 0.6 is 15.9 Å². The van der Waals surface area contributed by atoms with Crippen LogP contribution in [0.1, 0.15) is 20.3 Å². The lowest BCUT2D eigenvalue weighted by atomic mass is 10.1. The zero-order valence-electron chi connectivity index (χ0n) is 19.5. The third-order valence-corrected chi connectivity index (χ3v) is 6.03. The van der Waals surface area contributed by atoms with Gasteiger partial charge in [-0.2, -0.15) is 4.98 Å². The third kappa shape index (κ3) is 5.00. The minimum atomic E-state index is -0.344. The maximum absolute atomic E-state index is 13.0. The summed E-state index contributed by atoms with van der Waals surface area (Å²) in [4.78, 5) is 17.4. The third-order valence-electron chi connectivity index (χ3n) is 5.54. The van der Waals surface area contributed by atoms with Crippen LogP contribution < -0.4 is 10.4 Å². The van der Waals surface area contributed by atoms with Gasteiger partial charge in [0.1, 0.15) is 29.2 Å². The van der Waals surface area contributed by atoms with Gasteiger partial charge in [-0.05, 0) is 61.4 Å². The van der Waals surface area contributed by atoms with E-state index in [2.05, 4.69) is 40.0 Å². The number of fused-ring (bicyclic) bond motifs is 3. The number of benzene rings is 2. The summed E-state index contributed by atoms with van der Waals surface area (Å²) in [7, 11) is 1.61. The summed E-state index contributed by atoms with van der Waals surface area (Å²) in [5.41, 5.74) is 4.03. The van der Waals surface area contributed by atoms with Crippen LogP contribution in [0.4, 0.5) is 0 Å². The molecule has 0 aliphatic rings. The van der Waals surface area contributed by atoms with Crippen LogP contribution in [0.2, 0.25) is 0 Å². The minimum absolute atomic E-state index is 0.344. The molecule has 0 fully saturated rings. The van der Waals surface area contributed by atoms with Crippen LogP contribution in [0.15, 0.2) is 80.0 Å². The molecule has 6 nitrogen and oxygen atoms in total. The van der Waals surface area contributed by atoms with Crippen LogP contribution in [0.25, 0.3) is 33.3 Å². The lowest BCUT2D eigenvalue weighted by Gasteiger charge is -2.10. The zero-order chi connectivity index (χ0) is 24.1. The van der Waals surface area contributed by atoms with Crippen LogP contribution in [-0.4, -0.2) is 29.9 Å². The molecule has 0 saturated carbocycles. The number of hydrogen-bond donors (Lipinski definition) is 0. The molecule has 0 unspecified atom stereocenters. The van der Waals surface area contributed by atoms with Crippen molar-refractivity contribution in [2.75, 3.05) is 20.3 Å². The van der Waals surface area contributed by atoms with Crippen molar-refractivity contribution in [3.05, 3.63) is 81.2 Å². The van der Waals surface area contributed by atoms with Gasteiger partial charge in [0.25, 0.3) is 0 Å². The molecule has 7 heteroatoms. The van der Waals surface area contributed by atoms with Crippen molar-refractivity contribution in [3.8, 4) is 17.0 Å². The largest absolute Gasteiger partial charge is 0.489 e. The van der Waals surface area contributed by atoms with Crippen LogP contribution in [0.3, 0.4) is 0 Å². The van der Waals surface area contributed by atoms with Gasteiger partial charge < -0.3 is 13.9 Å². The summed E-state index contributed by atoms with van der Waals surface area (Å²) in [6.07, 6.45) is 7.21. The molecule has 0 saturated heterocycles. The average Bonchev–Trinajstić information content (AvgIpc) is 3.22. The van der Waals surface area contributed by atoms with E-state index in [0.29, 0.717) is 42.1 Å². The van der Waals surface area contributed by atoms with E-state index >= 15 is 0 Å². The predicted molar refractivity (Wildman–Crippen MR) is 139 cm³/mol. The van der Waals surface area contributed by atoms with Gasteiger partial charge in [-0.15, -0.1) is 0 Å². The van der Waals surface area contributed by atoms with Crippen molar-refractivity contribution in [1.29, 1.82) is 0 Å². The maximum Gasteiger partial charge on any atom is 0.348 e. The summed E-state index contributed by atoms with van der Waals surface area (Å²) >= 11 is 3.52. The van der Waals surface area contributed by atoms with Gasteiger partial charge in [-0.3, -0.25) is 4.57 Å². The Morgan fingerprint density at radius 2 is 2.00 bits per heavy atom. The number of allylic oxidation sites excluding steroid dienone is 2. The van der Waals surface area contributed by atoms with E-state index in [0.717, 1.165) is 33.2 Å². The summed E-state index contributed by atoms with van der Waals surface area (Å²) in [5, 5.41) is 0.847. The number of furan rings is 1. The van der Waals surface area contributed by atoms with E-state index in [4.69, 9.17) is 13.9 Å². The highest BCUT2D eigenvalue weighted by atomic mass is 79.9. The highest BCUT2D eigenvalue weighted by molar-refractivity contribution is 9.10. The molecule has 0 amide bonds. The molecule has 2 aromatic heterocycles. The van der Waals surface area contributed by atoms with Gasteiger partial charge in [0.15, 0.2) is 5.58 Å². The predicted octanol–water partition coefficient (Wildman–Crippen LogP) is 6.51. The molecule has 0 spiro atoms. The molecule has 0 N–H and O–H groups in total. The van der Waals surface area contributed by atoms with Gasteiger partial charge in [0.05, 0.1) is 13.2 Å². The van der Waals surface area contributed by atoms with E-state index in [-0.39, 0.29) is 5.69 Å². The smallest absolute Gasteiger partial charge is 0.348 e. The highest BCUT2D eigenvalue weighted by Crippen LogP contribution is 2.35. The Bertz CT molecular complexity index is 1410. The van der Waals surface area contributed by atoms with Crippen molar-refractivity contribution in [2.24, 2.45) is 0 Å². The van der Waals surface area contributed by atoms with E-state index < -0.39 is 0 Å². The Labute approximate surface area is 206 Å². The maximum atomic E-state index is 13.0. The normalized spacial score (nSPS) is 12.3. The molecular formula is C27H27BrN2O4. The standard InChI is InChI=1S/C27H27BrN2O4/c1-4-6-7-18(5-2)17-33-21-11-8-19(9-12-21)24-26-25(30(14-15-32-3)27(31)29-24)22-16-20(28)10-13-23(22)34-26/h5-13,16H,4,14-15,17H2,1-3H3/b7-6-,18-5+. The molecule has 2 heterocycles. The highest BCUT2D eigenvalue weighted by Gasteiger charge is 2.19. The Morgan fingerprint density at radius 1 is 1.21 bits per heavy atom. The first-order valence-electron chi connectivity index (χ1n) is 11.2. The van der Waals surface area contributed by atoms with Gasteiger partial charge in [0.2, 0.25) is 0 Å². The number of methoxy groups -OCH3 is 1. The summed E-state index contributed by atoms with van der Waals surface area (Å²) < 4.78 is 19.9. The van der Waals surface area contributed by atoms with Gasteiger partial charge in [-0.1, -0.05) is 41.1 Å². The fraction of sp³-hybridized carbons (Fsp3) is 0.259. The fourth-order valence-corrected chi connectivity index (χ4v) is 4.11. The van der Waals surface area contributed by atoms with Crippen molar-refractivity contribution >= 4 is 38.0 Å². The Hall–Kier alpha value is -3.16. The topological polar surface area (TPSA) is 66.5 Å². The lowest BCUT2D eigenvalue weighted by molar-refractivity contribution is 0.187. The number of aromatic nitrogens is 2. The van der Waals surface area contributed by atoms with Crippen LogP contribution in [0, 0.1) is 0 Å². The molecule has 4 aromatic rings. The molecule has 0 aliphatic heterocycles. The van der Waals surface area contributed by atoms with Gasteiger partial charge >= 0.3 is 5.69 Å². The van der Waals surface area contributed by atoms with Crippen LogP contribution in [0.5, 0.6) is 5.75 Å². The quantitative estimate of drug-likeness (QED) is 0.234. The first-order chi connectivity index (χ1) is 16.5. The SMILES string of the molecule is C/C=C(\C=C/CC)COc1ccc(-c2nc(=O)n(CCOC)c3c2oc2ccc(Br)cc23)cc1. The second-order valence-electron chi connectivity index (χ2n) is 7.79. The second-order valence-corrected chi connectivity index (χ2v) is 8.71. The minimum Gasteiger partial charge on any atom is -0.489 e. The number of halogens is 1. The molecule has 0 radical (unpaired) electrons. The molecule has 34 heavy (non-hydrogen) atoms. The van der Waals surface area contributed by atoms with E-state index in [1.165, 1.54) is 0 Å². The Balaban J connectivity index is 1.74.